The van der Waals surface area contributed by atoms with Crippen molar-refractivity contribution < 1.29 is 4.79 Å². The van der Waals surface area contributed by atoms with Crippen LogP contribution < -0.4 is 5.32 Å². The van der Waals surface area contributed by atoms with Crippen LogP contribution in [0.3, 0.4) is 0 Å². The summed E-state index contributed by atoms with van der Waals surface area (Å²) in [5, 5.41) is 3.27. The average Bonchev–Trinajstić information content (AvgIpc) is 3.21. The van der Waals surface area contributed by atoms with Crippen LogP contribution in [0.1, 0.15) is 40.8 Å². The first kappa shape index (κ1) is 17.0. The molecule has 0 aliphatic carbocycles. The van der Waals surface area contributed by atoms with Gasteiger partial charge in [0.05, 0.1) is 5.56 Å². The van der Waals surface area contributed by atoms with Crippen molar-refractivity contribution in [2.24, 2.45) is 0 Å². The molecule has 1 unspecified atom stereocenters. The number of nitrogens with zero attached hydrogens (tertiary/aromatic N) is 3. The number of rotatable bonds is 7. The molecule has 0 spiro atoms. The molecule has 0 saturated carbocycles. The summed E-state index contributed by atoms with van der Waals surface area (Å²) in [6.07, 6.45) is 5.71. The molecule has 0 bridgehead atoms. The lowest BCUT2D eigenvalue weighted by Crippen LogP contribution is -2.35. The minimum atomic E-state index is 0.0309. The molecule has 1 aliphatic heterocycles. The van der Waals surface area contributed by atoms with Gasteiger partial charge in [0.1, 0.15) is 5.37 Å². The maximum absolute atomic E-state index is 12.5. The van der Waals surface area contributed by atoms with Gasteiger partial charge in [-0.05, 0) is 25.2 Å². The van der Waals surface area contributed by atoms with E-state index in [4.69, 9.17) is 0 Å². The highest BCUT2D eigenvalue weighted by Gasteiger charge is 2.28. The molecule has 0 saturated heterocycles. The lowest BCUT2D eigenvalue weighted by atomic mass is 10.2. The zero-order valence-corrected chi connectivity index (χ0v) is 15.1. The van der Waals surface area contributed by atoms with E-state index >= 15 is 0 Å². The van der Waals surface area contributed by atoms with Gasteiger partial charge in [0.15, 0.2) is 0 Å². The number of carbonyl (C=O) groups excluding carboxylic acids is 1. The van der Waals surface area contributed by atoms with E-state index in [0.717, 1.165) is 36.6 Å². The largest absolute Gasteiger partial charge is 0.351 e. The summed E-state index contributed by atoms with van der Waals surface area (Å²) in [7, 11) is 0. The zero-order chi connectivity index (χ0) is 16.9. The van der Waals surface area contributed by atoms with E-state index in [2.05, 4.69) is 39.7 Å². The lowest BCUT2D eigenvalue weighted by Gasteiger charge is -2.17. The van der Waals surface area contributed by atoms with Gasteiger partial charge in [0.25, 0.3) is 5.91 Å². The molecule has 1 aliphatic rings. The predicted octanol–water partition coefficient (Wildman–Crippen LogP) is 2.75. The third-order valence-corrected chi connectivity index (χ3v) is 5.73. The highest BCUT2D eigenvalue weighted by Crippen LogP contribution is 2.41. The second-order valence-electron chi connectivity index (χ2n) is 5.82. The van der Waals surface area contributed by atoms with Crippen LogP contribution in [0.4, 0.5) is 0 Å². The van der Waals surface area contributed by atoms with Crippen molar-refractivity contribution in [3.63, 3.8) is 0 Å². The van der Waals surface area contributed by atoms with Crippen molar-refractivity contribution in [2.75, 3.05) is 26.2 Å². The Bertz CT molecular complexity index is 682. The molecule has 1 atom stereocenters. The van der Waals surface area contributed by atoms with Crippen LogP contribution in [-0.2, 0) is 5.75 Å². The van der Waals surface area contributed by atoms with Crippen molar-refractivity contribution in [1.82, 2.24) is 19.8 Å². The molecule has 1 amide bonds. The quantitative estimate of drug-likeness (QED) is 0.839. The van der Waals surface area contributed by atoms with Crippen LogP contribution in [-0.4, -0.2) is 46.5 Å². The van der Waals surface area contributed by atoms with Gasteiger partial charge in [-0.15, -0.1) is 11.8 Å². The first-order valence-electron chi connectivity index (χ1n) is 8.46. The Morgan fingerprint density at radius 3 is 2.96 bits per heavy atom. The molecule has 3 heterocycles. The number of amides is 1. The first-order valence-corrected chi connectivity index (χ1v) is 9.51. The number of hydrogen-bond acceptors (Lipinski definition) is 4. The first-order chi connectivity index (χ1) is 11.7. The topological polar surface area (TPSA) is 50.2 Å². The second-order valence-corrected chi connectivity index (χ2v) is 6.88. The molecule has 128 valence electrons. The number of pyridine rings is 1. The minimum Gasteiger partial charge on any atom is -0.351 e. The Balaban J connectivity index is 1.66. The van der Waals surface area contributed by atoms with E-state index in [1.54, 1.807) is 6.20 Å². The highest BCUT2D eigenvalue weighted by molar-refractivity contribution is 7.99. The smallest absolute Gasteiger partial charge is 0.253 e. The van der Waals surface area contributed by atoms with Crippen molar-refractivity contribution in [3.8, 4) is 0 Å². The third-order valence-electron chi connectivity index (χ3n) is 4.48. The number of fused-ring (bicyclic) bond motifs is 1. The van der Waals surface area contributed by atoms with Gasteiger partial charge >= 0.3 is 0 Å². The fourth-order valence-electron chi connectivity index (χ4n) is 3.04. The molecule has 2 aromatic heterocycles. The standard InChI is InChI=1S/C18H24N4OS/c1-3-21(4-2)11-9-20-17(23)15-7-10-22-16(15)13-24-18(22)14-6-5-8-19-12-14/h5-8,10,12,18H,3-4,9,11,13H2,1-2H3,(H,20,23). The molecular formula is C18H24N4OS. The van der Waals surface area contributed by atoms with Gasteiger partial charge in [-0.2, -0.15) is 0 Å². The van der Waals surface area contributed by atoms with Crippen molar-refractivity contribution in [1.29, 1.82) is 0 Å². The summed E-state index contributed by atoms with van der Waals surface area (Å²) in [4.78, 5) is 19.0. The summed E-state index contributed by atoms with van der Waals surface area (Å²) in [5.74, 6) is 0.883. The summed E-state index contributed by atoms with van der Waals surface area (Å²) >= 11 is 1.83. The SMILES string of the molecule is CCN(CC)CCNC(=O)c1ccn2c1CSC2c1cccnc1. The maximum Gasteiger partial charge on any atom is 0.253 e. The second kappa shape index (κ2) is 7.85. The van der Waals surface area contributed by atoms with Gasteiger partial charge in [0.2, 0.25) is 0 Å². The van der Waals surface area contributed by atoms with E-state index in [-0.39, 0.29) is 11.3 Å². The number of nitrogens with one attached hydrogen (secondary N) is 1. The molecule has 0 fully saturated rings. The number of likely N-dealkylation sites (N-methyl/N-ethyl adjacent to an activating group) is 1. The Morgan fingerprint density at radius 1 is 1.42 bits per heavy atom. The summed E-state index contributed by atoms with van der Waals surface area (Å²) in [6.45, 7) is 7.88. The third kappa shape index (κ3) is 3.49. The molecule has 0 radical (unpaired) electrons. The van der Waals surface area contributed by atoms with E-state index < -0.39 is 0 Å². The fraction of sp³-hybridized carbons (Fsp3) is 0.444. The Labute approximate surface area is 147 Å². The van der Waals surface area contributed by atoms with Gasteiger partial charge in [-0.25, -0.2) is 0 Å². The van der Waals surface area contributed by atoms with Crippen LogP contribution in [0.25, 0.3) is 0 Å². The molecule has 6 heteroatoms. The number of carbonyl (C=O) groups is 1. The number of hydrogen-bond donors (Lipinski definition) is 1. The summed E-state index contributed by atoms with van der Waals surface area (Å²) in [6, 6.07) is 5.98. The van der Waals surface area contributed by atoms with Crippen LogP contribution in [0.15, 0.2) is 36.8 Å². The van der Waals surface area contributed by atoms with Crippen LogP contribution >= 0.6 is 11.8 Å². The molecule has 1 N–H and O–H groups in total. The maximum atomic E-state index is 12.5. The lowest BCUT2D eigenvalue weighted by molar-refractivity contribution is 0.0948. The number of aromatic nitrogens is 2. The van der Waals surface area contributed by atoms with Gasteiger partial charge in [-0.1, -0.05) is 19.9 Å². The monoisotopic (exact) mass is 344 g/mol. The van der Waals surface area contributed by atoms with E-state index in [1.165, 1.54) is 5.56 Å². The average molecular weight is 344 g/mol. The van der Waals surface area contributed by atoms with E-state index in [9.17, 15) is 4.79 Å². The van der Waals surface area contributed by atoms with E-state index in [0.29, 0.717) is 6.54 Å². The highest BCUT2D eigenvalue weighted by atomic mass is 32.2. The zero-order valence-electron chi connectivity index (χ0n) is 14.2. The van der Waals surface area contributed by atoms with Crippen LogP contribution in [0, 0.1) is 0 Å². The minimum absolute atomic E-state index is 0.0309. The summed E-state index contributed by atoms with van der Waals surface area (Å²) in [5.41, 5.74) is 3.08. The normalized spacial score (nSPS) is 16.4. The van der Waals surface area contributed by atoms with Crippen molar-refractivity contribution in [2.45, 2.75) is 25.0 Å². The van der Waals surface area contributed by atoms with Gasteiger partial charge < -0.3 is 14.8 Å². The van der Waals surface area contributed by atoms with Crippen LogP contribution in [0.5, 0.6) is 0 Å². The van der Waals surface area contributed by atoms with Crippen LogP contribution in [0.2, 0.25) is 0 Å². The summed E-state index contributed by atoms with van der Waals surface area (Å²) < 4.78 is 2.20. The Kier molecular flexibility index (Phi) is 5.58. The molecule has 3 rings (SSSR count). The van der Waals surface area contributed by atoms with Crippen molar-refractivity contribution >= 4 is 17.7 Å². The number of thioether (sulfide) groups is 1. The van der Waals surface area contributed by atoms with Crippen molar-refractivity contribution in [3.05, 3.63) is 53.6 Å². The molecular weight excluding hydrogens is 320 g/mol. The molecule has 24 heavy (non-hydrogen) atoms. The van der Waals surface area contributed by atoms with Gasteiger partial charge in [0, 0.05) is 48.7 Å². The van der Waals surface area contributed by atoms with E-state index in [1.807, 2.05) is 36.3 Å². The predicted molar refractivity (Wildman–Crippen MR) is 98.2 cm³/mol. The molecule has 0 aromatic carbocycles. The Hall–Kier alpha value is -1.79. The Morgan fingerprint density at radius 2 is 2.25 bits per heavy atom. The van der Waals surface area contributed by atoms with Gasteiger partial charge in [-0.3, -0.25) is 9.78 Å². The fourth-order valence-corrected chi connectivity index (χ4v) is 4.35. The molecule has 2 aromatic rings. The molecule has 5 nitrogen and oxygen atoms in total.